The number of rotatable bonds is 2. The van der Waals surface area contributed by atoms with Crippen molar-refractivity contribution < 1.29 is 0 Å². The lowest BCUT2D eigenvalue weighted by Crippen LogP contribution is -2.31. The van der Waals surface area contributed by atoms with Crippen LogP contribution in [0.5, 0.6) is 0 Å². The van der Waals surface area contributed by atoms with Gasteiger partial charge in [0.1, 0.15) is 0 Å². The zero-order chi connectivity index (χ0) is 10.8. The van der Waals surface area contributed by atoms with Crippen LogP contribution in [0.4, 0.5) is 0 Å². The predicted molar refractivity (Wildman–Crippen MR) is 77.2 cm³/mol. The third-order valence-corrected chi connectivity index (χ3v) is 6.67. The van der Waals surface area contributed by atoms with E-state index in [1.807, 2.05) is 0 Å². The van der Waals surface area contributed by atoms with Gasteiger partial charge in [0.15, 0.2) is 0 Å². The van der Waals surface area contributed by atoms with E-state index in [9.17, 15) is 0 Å². The first kappa shape index (κ1) is 12.5. The second kappa shape index (κ2) is 5.14. The van der Waals surface area contributed by atoms with Crippen molar-refractivity contribution in [2.45, 2.75) is 72.4 Å². The van der Waals surface area contributed by atoms with Crippen LogP contribution in [0, 0.1) is 0 Å². The Kier molecular flexibility index (Phi) is 4.28. The summed E-state index contributed by atoms with van der Waals surface area (Å²) in [4.78, 5) is 0. The molecule has 3 heteroatoms. The van der Waals surface area contributed by atoms with Crippen LogP contribution in [0.1, 0.15) is 64.2 Å². The molecule has 0 aromatic heterocycles. The van der Waals surface area contributed by atoms with E-state index in [-0.39, 0.29) is 8.16 Å². The molecule has 0 heterocycles. The van der Waals surface area contributed by atoms with Crippen LogP contribution in [0.15, 0.2) is 0 Å². The highest BCUT2D eigenvalue weighted by Gasteiger charge is 2.38. The van der Waals surface area contributed by atoms with Crippen LogP contribution in [0.25, 0.3) is 0 Å². The maximum absolute atomic E-state index is 4.93. The number of hydrogen-bond acceptors (Lipinski definition) is 3. The summed E-state index contributed by atoms with van der Waals surface area (Å²) < 4.78 is 0.467. The molecule has 0 amide bonds. The van der Waals surface area contributed by atoms with Gasteiger partial charge in [0.25, 0.3) is 0 Å². The average Bonchev–Trinajstić information content (AvgIpc) is 2.18. The van der Waals surface area contributed by atoms with Gasteiger partial charge in [-0.3, -0.25) is 0 Å². The van der Waals surface area contributed by atoms with Crippen LogP contribution >= 0.6 is 37.0 Å². The molecule has 0 aliphatic heterocycles. The minimum Gasteiger partial charge on any atom is -0.162 e. The molecule has 2 aliphatic rings. The minimum absolute atomic E-state index is 0.233. The highest BCUT2D eigenvalue weighted by molar-refractivity contribution is 8.18. The molecule has 0 saturated heterocycles. The molecular formula is C12H22S3. The first-order chi connectivity index (χ1) is 7.12. The molecule has 0 atom stereocenters. The molecule has 2 aliphatic carbocycles. The topological polar surface area (TPSA) is 0 Å². The zero-order valence-corrected chi connectivity index (χ0v) is 12.0. The third kappa shape index (κ3) is 3.50. The monoisotopic (exact) mass is 262 g/mol. The van der Waals surface area contributed by atoms with Gasteiger partial charge in [-0.25, -0.2) is 0 Å². The molecule has 0 radical (unpaired) electrons. The van der Waals surface area contributed by atoms with E-state index in [2.05, 4.69) is 11.8 Å². The van der Waals surface area contributed by atoms with Crippen molar-refractivity contribution >= 4 is 37.0 Å². The molecule has 0 spiro atoms. The van der Waals surface area contributed by atoms with Crippen LogP contribution in [0.3, 0.4) is 0 Å². The fourth-order valence-corrected chi connectivity index (χ4v) is 6.36. The Morgan fingerprint density at radius 3 is 1.27 bits per heavy atom. The SMILES string of the molecule is SC1(SC2(S)CCCCC2)CCCCC1. The Hall–Kier alpha value is 1.05. The molecule has 0 nitrogen and oxygen atoms in total. The van der Waals surface area contributed by atoms with Gasteiger partial charge in [0.2, 0.25) is 0 Å². The van der Waals surface area contributed by atoms with Gasteiger partial charge in [-0.05, 0) is 25.7 Å². The van der Waals surface area contributed by atoms with Crippen molar-refractivity contribution in [3.63, 3.8) is 0 Å². The number of hydrogen-bond donors (Lipinski definition) is 2. The Balaban J connectivity index is 1.93. The quantitative estimate of drug-likeness (QED) is 0.527. The molecule has 2 saturated carbocycles. The second-order valence-corrected chi connectivity index (χ2v) is 9.20. The van der Waals surface area contributed by atoms with E-state index in [1.165, 1.54) is 64.2 Å². The fourth-order valence-electron chi connectivity index (χ4n) is 2.77. The molecule has 0 unspecified atom stereocenters. The summed E-state index contributed by atoms with van der Waals surface area (Å²) in [5.74, 6) is 0. The fraction of sp³-hybridized carbons (Fsp3) is 1.00. The van der Waals surface area contributed by atoms with Crippen LogP contribution < -0.4 is 0 Å². The van der Waals surface area contributed by atoms with Gasteiger partial charge >= 0.3 is 0 Å². The molecule has 0 aromatic carbocycles. The number of thioether (sulfide) groups is 1. The summed E-state index contributed by atoms with van der Waals surface area (Å²) in [5, 5.41) is 0. The highest BCUT2D eigenvalue weighted by atomic mass is 32.2. The lowest BCUT2D eigenvalue weighted by molar-refractivity contribution is 0.469. The Bertz CT molecular complexity index is 181. The van der Waals surface area contributed by atoms with E-state index < -0.39 is 0 Å². The molecule has 0 bridgehead atoms. The van der Waals surface area contributed by atoms with Gasteiger partial charge in [-0.15, -0.1) is 11.8 Å². The van der Waals surface area contributed by atoms with E-state index in [4.69, 9.17) is 25.3 Å². The van der Waals surface area contributed by atoms with Gasteiger partial charge in [-0.1, -0.05) is 38.5 Å². The van der Waals surface area contributed by atoms with Crippen molar-refractivity contribution in [1.29, 1.82) is 0 Å². The Morgan fingerprint density at radius 2 is 0.933 bits per heavy atom. The summed E-state index contributed by atoms with van der Waals surface area (Å²) in [6.07, 6.45) is 13.4. The molecular weight excluding hydrogens is 240 g/mol. The van der Waals surface area contributed by atoms with Gasteiger partial charge < -0.3 is 0 Å². The summed E-state index contributed by atoms with van der Waals surface area (Å²) >= 11 is 11.9. The van der Waals surface area contributed by atoms with E-state index in [1.54, 1.807) is 0 Å². The lowest BCUT2D eigenvalue weighted by atomic mass is 9.99. The molecule has 15 heavy (non-hydrogen) atoms. The van der Waals surface area contributed by atoms with Crippen molar-refractivity contribution in [2.24, 2.45) is 0 Å². The van der Waals surface area contributed by atoms with Gasteiger partial charge in [0, 0.05) is 0 Å². The summed E-state index contributed by atoms with van der Waals surface area (Å²) in [6, 6.07) is 0. The molecule has 0 N–H and O–H groups in total. The Morgan fingerprint density at radius 1 is 0.600 bits per heavy atom. The van der Waals surface area contributed by atoms with Crippen molar-refractivity contribution in [2.75, 3.05) is 0 Å². The van der Waals surface area contributed by atoms with Crippen LogP contribution in [0.2, 0.25) is 0 Å². The highest BCUT2D eigenvalue weighted by Crippen LogP contribution is 2.54. The first-order valence-electron chi connectivity index (χ1n) is 6.27. The normalized spacial score (nSPS) is 30.0. The largest absolute Gasteiger partial charge is 0.162 e. The summed E-state index contributed by atoms with van der Waals surface area (Å²) in [5.41, 5.74) is 0. The van der Waals surface area contributed by atoms with Crippen LogP contribution in [-0.4, -0.2) is 8.16 Å². The van der Waals surface area contributed by atoms with Crippen molar-refractivity contribution in [3.05, 3.63) is 0 Å². The molecule has 2 rings (SSSR count). The standard InChI is InChI=1S/C12H22S3/c13-11(7-3-1-4-8-11)15-12(14)9-5-2-6-10-12/h13-14H,1-10H2. The maximum Gasteiger partial charge on any atom is 0.0595 e. The third-order valence-electron chi connectivity index (χ3n) is 3.65. The second-order valence-electron chi connectivity index (χ2n) is 5.12. The maximum atomic E-state index is 4.93. The predicted octanol–water partition coefficient (Wildman–Crippen LogP) is 4.90. The molecule has 2 fully saturated rings. The summed E-state index contributed by atoms with van der Waals surface area (Å²) in [7, 11) is 0. The van der Waals surface area contributed by atoms with Gasteiger partial charge in [-0.2, -0.15) is 25.3 Å². The lowest BCUT2D eigenvalue weighted by Gasteiger charge is -2.41. The number of thiol groups is 2. The molecule has 0 aromatic rings. The van der Waals surface area contributed by atoms with Crippen molar-refractivity contribution in [3.8, 4) is 0 Å². The van der Waals surface area contributed by atoms with E-state index in [0.717, 1.165) is 0 Å². The minimum atomic E-state index is 0.233. The van der Waals surface area contributed by atoms with E-state index >= 15 is 0 Å². The van der Waals surface area contributed by atoms with Crippen molar-refractivity contribution in [1.82, 2.24) is 0 Å². The molecule has 88 valence electrons. The van der Waals surface area contributed by atoms with Crippen LogP contribution in [-0.2, 0) is 0 Å². The zero-order valence-electron chi connectivity index (χ0n) is 9.37. The average molecular weight is 263 g/mol. The first-order valence-corrected chi connectivity index (χ1v) is 7.98. The van der Waals surface area contributed by atoms with Gasteiger partial charge in [0.05, 0.1) is 8.16 Å². The Labute approximate surface area is 109 Å². The smallest absolute Gasteiger partial charge is 0.0595 e. The van der Waals surface area contributed by atoms with E-state index in [0.29, 0.717) is 0 Å². The summed E-state index contributed by atoms with van der Waals surface area (Å²) in [6.45, 7) is 0.